The first-order chi connectivity index (χ1) is 15.1. The van der Waals surface area contributed by atoms with Gasteiger partial charge in [-0.05, 0) is 53.7 Å². The molecule has 0 bridgehead atoms. The second-order valence-corrected chi connectivity index (χ2v) is 8.44. The van der Waals surface area contributed by atoms with E-state index in [-0.39, 0.29) is 18.0 Å². The summed E-state index contributed by atoms with van der Waals surface area (Å²) in [5, 5.41) is 6.36. The maximum atomic E-state index is 12.8. The third kappa shape index (κ3) is 4.72. The van der Waals surface area contributed by atoms with Crippen molar-refractivity contribution in [2.75, 3.05) is 11.9 Å². The Kier molecular flexibility index (Phi) is 6.52. The van der Waals surface area contributed by atoms with Crippen LogP contribution in [-0.4, -0.2) is 29.3 Å². The topological polar surface area (TPSA) is 61.4 Å². The predicted molar refractivity (Wildman–Crippen MR) is 125 cm³/mol. The number of ketones is 1. The summed E-state index contributed by atoms with van der Waals surface area (Å²) in [6.07, 6.45) is 4.66. The molecule has 2 heterocycles. The van der Waals surface area contributed by atoms with Crippen molar-refractivity contribution in [1.29, 1.82) is 0 Å². The average molecular weight is 418 g/mol. The highest BCUT2D eigenvalue weighted by Crippen LogP contribution is 2.27. The van der Waals surface area contributed by atoms with Crippen LogP contribution in [0.4, 0.5) is 10.5 Å². The summed E-state index contributed by atoms with van der Waals surface area (Å²) in [6, 6.07) is 15.9. The van der Waals surface area contributed by atoms with Crippen LogP contribution in [0.15, 0.2) is 54.6 Å². The van der Waals surface area contributed by atoms with Gasteiger partial charge in [0.1, 0.15) is 0 Å². The van der Waals surface area contributed by atoms with E-state index in [9.17, 15) is 9.59 Å². The number of benzene rings is 2. The van der Waals surface area contributed by atoms with Gasteiger partial charge in [-0.3, -0.25) is 4.79 Å². The Bertz CT molecular complexity index is 951. The molecule has 5 nitrogen and oxygen atoms in total. The lowest BCUT2D eigenvalue weighted by Crippen LogP contribution is -2.42. The van der Waals surface area contributed by atoms with Gasteiger partial charge in [0.05, 0.1) is 6.04 Å². The number of fused-ring (bicyclic) bond motifs is 1. The van der Waals surface area contributed by atoms with E-state index < -0.39 is 0 Å². The van der Waals surface area contributed by atoms with E-state index >= 15 is 0 Å². The summed E-state index contributed by atoms with van der Waals surface area (Å²) in [5.74, 6) is 0.456. The number of hydrogen-bond acceptors (Lipinski definition) is 3. The van der Waals surface area contributed by atoms with E-state index in [4.69, 9.17) is 0 Å². The number of Topliss-reactive ketones (excluding diaryl/α,β-unsaturated/α-hetero) is 1. The molecule has 31 heavy (non-hydrogen) atoms. The maximum absolute atomic E-state index is 12.8. The number of amides is 2. The first kappa shape index (κ1) is 21.3. The van der Waals surface area contributed by atoms with Gasteiger partial charge in [-0.2, -0.15) is 0 Å². The van der Waals surface area contributed by atoms with E-state index in [2.05, 4.69) is 42.7 Å². The minimum Gasteiger partial charge on any atom is -0.316 e. The molecule has 0 spiro atoms. The minimum atomic E-state index is -0.110. The first-order valence-electron chi connectivity index (χ1n) is 11.3. The molecule has 2 aliphatic rings. The third-order valence-electron chi connectivity index (χ3n) is 6.50. The predicted octanol–water partition coefficient (Wildman–Crippen LogP) is 4.98. The third-order valence-corrected chi connectivity index (χ3v) is 6.50. The number of urea groups is 1. The van der Waals surface area contributed by atoms with Crippen LogP contribution in [0.1, 0.15) is 49.8 Å². The standard InChI is InChI=1S/C26H31N3O2/c1-3-18(4-2)25(30)24-15-20(13-14-27-24)19-9-11-23(12-10-19)28-26(31)29-16-21-7-5-6-8-22(21)17-29/h5-13,18,24,27H,3-4,14-17H2,1-2H3,(H,28,31). The number of anilines is 1. The quantitative estimate of drug-likeness (QED) is 0.696. The van der Waals surface area contributed by atoms with Crippen LogP contribution in [-0.2, 0) is 17.9 Å². The average Bonchev–Trinajstić information content (AvgIpc) is 3.25. The number of carbonyl (C=O) groups excluding carboxylic acids is 2. The van der Waals surface area contributed by atoms with E-state index in [1.807, 2.05) is 41.3 Å². The van der Waals surface area contributed by atoms with Crippen LogP contribution >= 0.6 is 0 Å². The largest absolute Gasteiger partial charge is 0.322 e. The highest BCUT2D eigenvalue weighted by atomic mass is 16.2. The Labute approximate surface area is 184 Å². The summed E-state index contributed by atoms with van der Waals surface area (Å²) < 4.78 is 0. The van der Waals surface area contributed by atoms with Gasteiger partial charge in [-0.25, -0.2) is 4.79 Å². The Morgan fingerprint density at radius 2 is 1.68 bits per heavy atom. The SMILES string of the molecule is CCC(CC)C(=O)C1CC(c2ccc(NC(=O)N3Cc4ccccc4C3)cc2)=CCN1. The number of rotatable bonds is 6. The fraction of sp³-hybridized carbons (Fsp3) is 0.385. The zero-order valence-electron chi connectivity index (χ0n) is 18.4. The molecule has 2 amide bonds. The molecule has 2 aromatic carbocycles. The Balaban J connectivity index is 1.37. The van der Waals surface area contributed by atoms with E-state index in [1.54, 1.807) is 0 Å². The normalized spacial score (nSPS) is 18.0. The molecular formula is C26H31N3O2. The van der Waals surface area contributed by atoms with Gasteiger partial charge >= 0.3 is 6.03 Å². The molecule has 0 fully saturated rings. The van der Waals surface area contributed by atoms with Crippen LogP contribution in [0.2, 0.25) is 0 Å². The Hall–Kier alpha value is -2.92. The molecule has 5 heteroatoms. The fourth-order valence-corrected chi connectivity index (χ4v) is 4.56. The number of hydrogen-bond donors (Lipinski definition) is 2. The highest BCUT2D eigenvalue weighted by molar-refractivity contribution is 5.91. The molecule has 2 N–H and O–H groups in total. The Morgan fingerprint density at radius 1 is 1.03 bits per heavy atom. The second kappa shape index (κ2) is 9.48. The summed E-state index contributed by atoms with van der Waals surface area (Å²) in [7, 11) is 0. The van der Waals surface area contributed by atoms with Crippen molar-refractivity contribution in [3.05, 3.63) is 71.3 Å². The molecule has 0 radical (unpaired) electrons. The van der Waals surface area contributed by atoms with Gasteiger partial charge < -0.3 is 15.5 Å². The molecular weight excluding hydrogens is 386 g/mol. The van der Waals surface area contributed by atoms with Crippen molar-refractivity contribution in [3.8, 4) is 0 Å². The van der Waals surface area contributed by atoms with Crippen LogP contribution in [0, 0.1) is 5.92 Å². The maximum Gasteiger partial charge on any atom is 0.322 e. The van der Waals surface area contributed by atoms with Crippen LogP contribution in [0.25, 0.3) is 5.57 Å². The lowest BCUT2D eigenvalue weighted by molar-refractivity contribution is -0.125. The molecule has 0 aliphatic carbocycles. The molecule has 1 unspecified atom stereocenters. The summed E-state index contributed by atoms with van der Waals surface area (Å²) in [5.41, 5.74) is 5.50. The zero-order chi connectivity index (χ0) is 21.8. The van der Waals surface area contributed by atoms with Gasteiger partial charge in [0.25, 0.3) is 0 Å². The van der Waals surface area contributed by atoms with Crippen molar-refractivity contribution >= 4 is 23.1 Å². The minimum absolute atomic E-state index is 0.0825. The summed E-state index contributed by atoms with van der Waals surface area (Å²) in [6.45, 7) is 6.16. The zero-order valence-corrected chi connectivity index (χ0v) is 18.4. The van der Waals surface area contributed by atoms with Crippen molar-refractivity contribution in [2.45, 2.75) is 52.2 Å². The molecule has 0 saturated heterocycles. The second-order valence-electron chi connectivity index (χ2n) is 8.44. The molecule has 0 saturated carbocycles. The van der Waals surface area contributed by atoms with Gasteiger partial charge in [0, 0.05) is 31.2 Å². The van der Waals surface area contributed by atoms with Crippen molar-refractivity contribution < 1.29 is 9.59 Å². The molecule has 2 aliphatic heterocycles. The van der Waals surface area contributed by atoms with Gasteiger partial charge in [-0.1, -0.05) is 56.3 Å². The van der Waals surface area contributed by atoms with Crippen molar-refractivity contribution in [3.63, 3.8) is 0 Å². The first-order valence-corrected chi connectivity index (χ1v) is 11.3. The summed E-state index contributed by atoms with van der Waals surface area (Å²) in [4.78, 5) is 27.3. The Morgan fingerprint density at radius 3 is 2.29 bits per heavy atom. The van der Waals surface area contributed by atoms with E-state index in [1.165, 1.54) is 16.7 Å². The molecule has 2 aromatic rings. The number of nitrogens with one attached hydrogen (secondary N) is 2. The van der Waals surface area contributed by atoms with E-state index in [0.717, 1.165) is 24.1 Å². The van der Waals surface area contributed by atoms with Crippen LogP contribution in [0.5, 0.6) is 0 Å². The lowest BCUT2D eigenvalue weighted by Gasteiger charge is -2.26. The number of nitrogens with zero attached hydrogens (tertiary/aromatic N) is 1. The van der Waals surface area contributed by atoms with Crippen molar-refractivity contribution in [2.24, 2.45) is 5.92 Å². The monoisotopic (exact) mass is 417 g/mol. The molecule has 0 aromatic heterocycles. The van der Waals surface area contributed by atoms with Crippen molar-refractivity contribution in [1.82, 2.24) is 10.2 Å². The molecule has 162 valence electrons. The smallest absolute Gasteiger partial charge is 0.316 e. The highest BCUT2D eigenvalue weighted by Gasteiger charge is 2.27. The lowest BCUT2D eigenvalue weighted by atomic mass is 9.86. The summed E-state index contributed by atoms with van der Waals surface area (Å²) >= 11 is 0. The van der Waals surface area contributed by atoms with Crippen LogP contribution < -0.4 is 10.6 Å². The molecule has 4 rings (SSSR count). The fourth-order valence-electron chi connectivity index (χ4n) is 4.56. The number of carbonyl (C=O) groups is 2. The van der Waals surface area contributed by atoms with E-state index in [0.29, 0.717) is 31.8 Å². The molecule has 1 atom stereocenters. The van der Waals surface area contributed by atoms with Gasteiger partial charge in [0.15, 0.2) is 5.78 Å². The van der Waals surface area contributed by atoms with Crippen LogP contribution in [0.3, 0.4) is 0 Å². The van der Waals surface area contributed by atoms with Gasteiger partial charge in [-0.15, -0.1) is 0 Å². The van der Waals surface area contributed by atoms with Gasteiger partial charge in [0.2, 0.25) is 0 Å².